The molecule has 3 N–H and O–H groups in total. The second kappa shape index (κ2) is 11.4. The van der Waals surface area contributed by atoms with Crippen LogP contribution in [0.25, 0.3) is 0 Å². The van der Waals surface area contributed by atoms with Gasteiger partial charge in [-0.15, -0.1) is 0 Å². The fraction of sp³-hybridized carbons (Fsp3) is 0.545. The Bertz CT molecular complexity index is 727. The van der Waals surface area contributed by atoms with Crippen molar-refractivity contribution in [2.45, 2.75) is 65.3 Å². The van der Waals surface area contributed by atoms with Crippen molar-refractivity contribution in [3.05, 3.63) is 35.9 Å². The van der Waals surface area contributed by atoms with Crippen molar-refractivity contribution in [1.29, 1.82) is 0 Å². The summed E-state index contributed by atoms with van der Waals surface area (Å²) in [4.78, 5) is 49.0. The molecule has 1 amide bonds. The van der Waals surface area contributed by atoms with Gasteiger partial charge in [0.2, 0.25) is 0 Å². The molecule has 0 bridgehead atoms. The van der Waals surface area contributed by atoms with Crippen LogP contribution in [0, 0.1) is 11.8 Å². The molecule has 0 saturated heterocycles. The first kappa shape index (κ1) is 25.3. The fourth-order valence-electron chi connectivity index (χ4n) is 2.70. The van der Waals surface area contributed by atoms with Gasteiger partial charge in [-0.1, -0.05) is 44.2 Å². The maximum absolute atomic E-state index is 12.9. The summed E-state index contributed by atoms with van der Waals surface area (Å²) in [6.45, 7) is 8.72. The third-order valence-corrected chi connectivity index (χ3v) is 4.10. The maximum atomic E-state index is 12.9. The highest BCUT2D eigenvalue weighted by molar-refractivity contribution is 6.02. The molecule has 0 saturated carbocycles. The first-order valence-corrected chi connectivity index (χ1v) is 9.89. The van der Waals surface area contributed by atoms with Gasteiger partial charge in [0.1, 0.15) is 30.5 Å². The summed E-state index contributed by atoms with van der Waals surface area (Å²) in [5.41, 5.74) is 5.82. The zero-order valence-electron chi connectivity index (χ0n) is 18.2. The van der Waals surface area contributed by atoms with Crippen molar-refractivity contribution in [2.24, 2.45) is 17.6 Å². The van der Waals surface area contributed by atoms with Gasteiger partial charge >= 0.3 is 12.1 Å². The number of hydrogen-bond acceptors (Lipinski definition) is 7. The molecular weight excluding hydrogens is 388 g/mol. The number of carbonyl (C=O) groups excluding carboxylic acids is 4. The lowest BCUT2D eigenvalue weighted by Gasteiger charge is -2.26. The van der Waals surface area contributed by atoms with E-state index in [1.165, 1.54) is 0 Å². The lowest BCUT2D eigenvalue weighted by atomic mass is 9.88. The molecule has 3 unspecified atom stereocenters. The van der Waals surface area contributed by atoms with Crippen LogP contribution >= 0.6 is 0 Å². The highest BCUT2D eigenvalue weighted by atomic mass is 16.6. The van der Waals surface area contributed by atoms with E-state index in [-0.39, 0.29) is 18.9 Å². The van der Waals surface area contributed by atoms with Crippen molar-refractivity contribution < 1.29 is 28.7 Å². The summed E-state index contributed by atoms with van der Waals surface area (Å²) in [6.07, 6.45) is -0.223. The number of carbonyl (C=O) groups is 4. The van der Waals surface area contributed by atoms with Crippen LogP contribution in [-0.4, -0.2) is 41.8 Å². The number of benzene rings is 1. The second-order valence-electron chi connectivity index (χ2n) is 8.51. The molecule has 30 heavy (non-hydrogen) atoms. The van der Waals surface area contributed by atoms with Gasteiger partial charge in [0.25, 0.3) is 0 Å². The fourth-order valence-corrected chi connectivity index (χ4v) is 2.70. The van der Waals surface area contributed by atoms with E-state index in [1.807, 2.05) is 32.0 Å². The summed E-state index contributed by atoms with van der Waals surface area (Å²) in [5.74, 6) is -2.94. The summed E-state index contributed by atoms with van der Waals surface area (Å²) in [7, 11) is 0. The minimum Gasteiger partial charge on any atom is -0.459 e. The molecule has 0 radical (unpaired) electrons. The van der Waals surface area contributed by atoms with Gasteiger partial charge in [-0.2, -0.15) is 0 Å². The van der Waals surface area contributed by atoms with Gasteiger partial charge in [-0.25, -0.2) is 4.79 Å². The first-order valence-electron chi connectivity index (χ1n) is 9.89. The third-order valence-electron chi connectivity index (χ3n) is 4.10. The number of amides is 1. The molecule has 3 atom stereocenters. The minimum atomic E-state index is -1.47. The van der Waals surface area contributed by atoms with E-state index in [0.717, 1.165) is 5.56 Å². The predicted molar refractivity (Wildman–Crippen MR) is 111 cm³/mol. The number of ether oxygens (including phenoxy) is 2. The van der Waals surface area contributed by atoms with E-state index >= 15 is 0 Å². The van der Waals surface area contributed by atoms with Gasteiger partial charge in [0.05, 0.1) is 6.04 Å². The summed E-state index contributed by atoms with van der Waals surface area (Å²) in [5, 5.41) is 2.50. The third kappa shape index (κ3) is 8.73. The van der Waals surface area contributed by atoms with Crippen LogP contribution in [0.4, 0.5) is 4.79 Å². The van der Waals surface area contributed by atoms with Crippen LogP contribution in [-0.2, 0) is 30.5 Å². The number of alkyl carbamates (subject to hydrolysis) is 1. The standard InChI is InChI=1S/C22H32N2O6/c1-14(2)11-17(24-21(28)29-13-15-9-7-6-8-10-15)19(26)16(12-25)18(23)20(27)30-22(3,4)5/h6-10,12,14,16-18H,11,13,23H2,1-5H3,(H,24,28). The van der Waals surface area contributed by atoms with Crippen molar-refractivity contribution in [1.82, 2.24) is 5.32 Å². The molecule has 1 rings (SSSR count). The van der Waals surface area contributed by atoms with Gasteiger partial charge in [-0.05, 0) is 38.7 Å². The Kier molecular flexibility index (Phi) is 9.65. The van der Waals surface area contributed by atoms with Crippen molar-refractivity contribution in [2.75, 3.05) is 0 Å². The molecule has 166 valence electrons. The molecule has 1 aromatic carbocycles. The number of Topliss-reactive ketones (excluding diaryl/α,β-unsaturated/α-hetero) is 1. The Morgan fingerprint density at radius 1 is 1.13 bits per heavy atom. The summed E-state index contributed by atoms with van der Waals surface area (Å²) < 4.78 is 10.3. The minimum absolute atomic E-state index is 0.0263. The molecule has 0 fully saturated rings. The molecular formula is C22H32N2O6. The Hall–Kier alpha value is -2.74. The van der Waals surface area contributed by atoms with Gasteiger partial charge in [0.15, 0.2) is 5.78 Å². The van der Waals surface area contributed by atoms with Crippen LogP contribution in [0.1, 0.15) is 46.6 Å². The SMILES string of the molecule is CC(C)CC(NC(=O)OCc1ccccc1)C(=O)C(C=O)C(N)C(=O)OC(C)(C)C. The van der Waals surface area contributed by atoms with Gasteiger partial charge in [0, 0.05) is 0 Å². The number of aldehydes is 1. The van der Waals surface area contributed by atoms with Crippen LogP contribution in [0.5, 0.6) is 0 Å². The van der Waals surface area contributed by atoms with Gasteiger partial charge in [-0.3, -0.25) is 9.59 Å². The lowest BCUT2D eigenvalue weighted by molar-refractivity contribution is -0.160. The molecule has 8 nitrogen and oxygen atoms in total. The number of ketones is 1. The van der Waals surface area contributed by atoms with Crippen molar-refractivity contribution in [3.63, 3.8) is 0 Å². The van der Waals surface area contributed by atoms with E-state index in [0.29, 0.717) is 6.29 Å². The monoisotopic (exact) mass is 420 g/mol. The molecule has 1 aromatic rings. The average molecular weight is 421 g/mol. The molecule has 0 aliphatic rings. The van der Waals surface area contributed by atoms with Crippen LogP contribution < -0.4 is 11.1 Å². The Balaban J connectivity index is 2.85. The van der Waals surface area contributed by atoms with E-state index in [9.17, 15) is 19.2 Å². The maximum Gasteiger partial charge on any atom is 0.408 e. The van der Waals surface area contributed by atoms with Crippen molar-refractivity contribution in [3.8, 4) is 0 Å². The topological polar surface area (TPSA) is 125 Å². The lowest BCUT2D eigenvalue weighted by Crippen LogP contribution is -2.52. The van der Waals surface area contributed by atoms with E-state index in [2.05, 4.69) is 5.32 Å². The number of nitrogens with one attached hydrogen (secondary N) is 1. The largest absolute Gasteiger partial charge is 0.459 e. The van der Waals surface area contributed by atoms with E-state index in [1.54, 1.807) is 32.9 Å². The van der Waals surface area contributed by atoms with E-state index in [4.69, 9.17) is 15.2 Å². The molecule has 8 heteroatoms. The van der Waals surface area contributed by atoms with Gasteiger partial charge < -0.3 is 25.3 Å². The molecule has 0 heterocycles. The number of rotatable bonds is 10. The highest BCUT2D eigenvalue weighted by Gasteiger charge is 2.38. The second-order valence-corrected chi connectivity index (χ2v) is 8.51. The Morgan fingerprint density at radius 3 is 2.23 bits per heavy atom. The first-order chi connectivity index (χ1) is 13.9. The predicted octanol–water partition coefficient (Wildman–Crippen LogP) is 2.38. The summed E-state index contributed by atoms with van der Waals surface area (Å²) in [6, 6.07) is 6.57. The average Bonchev–Trinajstić information content (AvgIpc) is 2.65. The molecule has 0 aliphatic heterocycles. The molecule has 0 aromatic heterocycles. The normalized spacial score (nSPS) is 14.4. The Labute approximate surface area is 177 Å². The number of esters is 1. The van der Waals surface area contributed by atoms with Crippen LogP contribution in [0.15, 0.2) is 30.3 Å². The number of nitrogens with two attached hydrogens (primary N) is 1. The van der Waals surface area contributed by atoms with E-state index < -0.39 is 41.4 Å². The molecule has 0 spiro atoms. The number of hydrogen-bond donors (Lipinski definition) is 2. The summed E-state index contributed by atoms with van der Waals surface area (Å²) >= 11 is 0. The highest BCUT2D eigenvalue weighted by Crippen LogP contribution is 2.16. The quantitative estimate of drug-likeness (QED) is 0.338. The van der Waals surface area contributed by atoms with Crippen LogP contribution in [0.2, 0.25) is 0 Å². The zero-order chi connectivity index (χ0) is 22.9. The Morgan fingerprint density at radius 2 is 1.73 bits per heavy atom. The van der Waals surface area contributed by atoms with Crippen LogP contribution in [0.3, 0.4) is 0 Å². The molecule has 0 aliphatic carbocycles. The van der Waals surface area contributed by atoms with Crippen molar-refractivity contribution >= 4 is 24.1 Å². The smallest absolute Gasteiger partial charge is 0.408 e. The zero-order valence-corrected chi connectivity index (χ0v) is 18.2.